The molecular formula is C15H9F2NO3S. The molecule has 0 amide bonds. The molecule has 0 spiro atoms. The van der Waals surface area contributed by atoms with Crippen molar-refractivity contribution in [2.24, 2.45) is 4.99 Å². The van der Waals surface area contributed by atoms with Gasteiger partial charge in [0.1, 0.15) is 5.75 Å². The number of ether oxygens (including phenoxy) is 2. The normalized spacial score (nSPS) is 16.0. The largest absolute Gasteiger partial charge is 0.434 e. The van der Waals surface area contributed by atoms with Crippen molar-refractivity contribution in [3.63, 3.8) is 0 Å². The number of carbonyl (C=O) groups is 1. The molecule has 0 atom stereocenters. The molecule has 112 valence electrons. The average Bonchev–Trinajstić information content (AvgIpc) is 3.10. The van der Waals surface area contributed by atoms with Crippen molar-refractivity contribution in [3.8, 4) is 5.75 Å². The van der Waals surface area contributed by atoms with Gasteiger partial charge in [-0.15, -0.1) is 0 Å². The third-order valence-corrected chi connectivity index (χ3v) is 3.50. The summed E-state index contributed by atoms with van der Waals surface area (Å²) >= 11 is 1.48. The fourth-order valence-corrected chi connectivity index (χ4v) is 2.50. The summed E-state index contributed by atoms with van der Waals surface area (Å²) in [6.07, 6.45) is 1.57. The first kappa shape index (κ1) is 14.4. The third kappa shape index (κ3) is 3.04. The van der Waals surface area contributed by atoms with E-state index in [1.165, 1.54) is 23.5 Å². The predicted molar refractivity (Wildman–Crippen MR) is 78.0 cm³/mol. The molecule has 1 aromatic carbocycles. The van der Waals surface area contributed by atoms with E-state index in [0.717, 1.165) is 5.56 Å². The monoisotopic (exact) mass is 321 g/mol. The van der Waals surface area contributed by atoms with Crippen molar-refractivity contribution < 1.29 is 23.0 Å². The van der Waals surface area contributed by atoms with Crippen LogP contribution in [0.15, 0.2) is 51.8 Å². The predicted octanol–water partition coefficient (Wildman–Crippen LogP) is 3.69. The molecular weight excluding hydrogens is 312 g/mol. The molecule has 1 aliphatic rings. The van der Waals surface area contributed by atoms with E-state index >= 15 is 0 Å². The minimum atomic E-state index is -2.97. The van der Waals surface area contributed by atoms with Crippen LogP contribution in [0.1, 0.15) is 11.1 Å². The zero-order chi connectivity index (χ0) is 15.5. The van der Waals surface area contributed by atoms with E-state index in [1.54, 1.807) is 18.2 Å². The van der Waals surface area contributed by atoms with Crippen LogP contribution in [-0.4, -0.2) is 18.5 Å². The Kier molecular flexibility index (Phi) is 3.97. The van der Waals surface area contributed by atoms with Gasteiger partial charge in [0, 0.05) is 0 Å². The fraction of sp³-hybridized carbons (Fsp3) is 0.0667. The minimum Gasteiger partial charge on any atom is -0.434 e. The van der Waals surface area contributed by atoms with Crippen molar-refractivity contribution >= 4 is 29.3 Å². The summed E-state index contributed by atoms with van der Waals surface area (Å²) < 4.78 is 34.3. The molecule has 1 aromatic heterocycles. The third-order valence-electron chi connectivity index (χ3n) is 2.80. The maximum atomic E-state index is 12.4. The minimum absolute atomic E-state index is 0.0530. The second-order valence-electron chi connectivity index (χ2n) is 4.27. The van der Waals surface area contributed by atoms with E-state index in [4.69, 9.17) is 4.74 Å². The number of alkyl halides is 2. The van der Waals surface area contributed by atoms with Crippen molar-refractivity contribution in [1.82, 2.24) is 0 Å². The van der Waals surface area contributed by atoms with Gasteiger partial charge >= 0.3 is 12.6 Å². The van der Waals surface area contributed by atoms with Gasteiger partial charge in [-0.2, -0.15) is 20.1 Å². The van der Waals surface area contributed by atoms with Crippen LogP contribution in [0.3, 0.4) is 0 Å². The van der Waals surface area contributed by atoms with Crippen LogP contribution in [0.2, 0.25) is 0 Å². The molecule has 0 fully saturated rings. The molecule has 0 unspecified atom stereocenters. The number of cyclic esters (lactones) is 1. The number of carbonyl (C=O) groups excluding carboxylic acids is 1. The molecule has 2 heterocycles. The number of hydrogen-bond donors (Lipinski definition) is 0. The lowest BCUT2D eigenvalue weighted by Gasteiger charge is -2.08. The summed E-state index contributed by atoms with van der Waals surface area (Å²) in [5.41, 5.74) is 1.13. The SMILES string of the molecule is O=C1OC(c2ccccc2OC(F)F)=N/C1=C\c1ccsc1. The van der Waals surface area contributed by atoms with E-state index in [-0.39, 0.29) is 22.9 Å². The highest BCUT2D eigenvalue weighted by Gasteiger charge is 2.26. The zero-order valence-corrected chi connectivity index (χ0v) is 11.8. The van der Waals surface area contributed by atoms with Crippen LogP contribution in [-0.2, 0) is 9.53 Å². The van der Waals surface area contributed by atoms with Gasteiger partial charge in [0.25, 0.3) is 0 Å². The number of hydrogen-bond acceptors (Lipinski definition) is 5. The Labute approximate surface area is 128 Å². The summed E-state index contributed by atoms with van der Waals surface area (Å²) in [7, 11) is 0. The number of aliphatic imine (C=N–C) groups is 1. The van der Waals surface area contributed by atoms with E-state index in [0.29, 0.717) is 0 Å². The van der Waals surface area contributed by atoms with Gasteiger partial charge in [-0.25, -0.2) is 9.79 Å². The smallest absolute Gasteiger partial charge is 0.387 e. The Balaban J connectivity index is 1.95. The average molecular weight is 321 g/mol. The number of nitrogens with zero attached hydrogens (tertiary/aromatic N) is 1. The van der Waals surface area contributed by atoms with Crippen LogP contribution in [0.5, 0.6) is 5.75 Å². The fourth-order valence-electron chi connectivity index (χ4n) is 1.88. The molecule has 0 aliphatic carbocycles. The van der Waals surface area contributed by atoms with E-state index in [9.17, 15) is 13.6 Å². The molecule has 0 N–H and O–H groups in total. The lowest BCUT2D eigenvalue weighted by molar-refractivity contribution is -0.129. The number of rotatable bonds is 4. The Morgan fingerprint density at radius 3 is 2.82 bits per heavy atom. The Morgan fingerprint density at radius 2 is 2.09 bits per heavy atom. The van der Waals surface area contributed by atoms with Crippen LogP contribution < -0.4 is 4.74 Å². The maximum Gasteiger partial charge on any atom is 0.387 e. The number of para-hydroxylation sites is 1. The van der Waals surface area contributed by atoms with Gasteiger partial charge in [-0.3, -0.25) is 0 Å². The lowest BCUT2D eigenvalue weighted by Crippen LogP contribution is -2.10. The summed E-state index contributed by atoms with van der Waals surface area (Å²) in [5.74, 6) is -0.781. The molecule has 0 radical (unpaired) electrons. The van der Waals surface area contributed by atoms with Crippen molar-refractivity contribution in [2.75, 3.05) is 0 Å². The van der Waals surface area contributed by atoms with Gasteiger partial charge in [-0.05, 0) is 40.6 Å². The molecule has 7 heteroatoms. The van der Waals surface area contributed by atoms with Gasteiger partial charge < -0.3 is 9.47 Å². The maximum absolute atomic E-state index is 12.4. The van der Waals surface area contributed by atoms with Crippen LogP contribution in [0, 0.1) is 0 Å². The topological polar surface area (TPSA) is 47.9 Å². The first-order valence-electron chi connectivity index (χ1n) is 6.22. The van der Waals surface area contributed by atoms with Crippen molar-refractivity contribution in [1.29, 1.82) is 0 Å². The second-order valence-corrected chi connectivity index (χ2v) is 5.05. The van der Waals surface area contributed by atoms with E-state index < -0.39 is 12.6 Å². The highest BCUT2D eigenvalue weighted by Crippen LogP contribution is 2.26. The molecule has 0 saturated heterocycles. The van der Waals surface area contributed by atoms with Crippen molar-refractivity contribution in [3.05, 3.63) is 57.9 Å². The van der Waals surface area contributed by atoms with Gasteiger partial charge in [0.15, 0.2) is 5.70 Å². The molecule has 3 rings (SSSR count). The van der Waals surface area contributed by atoms with Crippen LogP contribution in [0.4, 0.5) is 8.78 Å². The zero-order valence-electron chi connectivity index (χ0n) is 11.0. The first-order chi connectivity index (χ1) is 10.6. The highest BCUT2D eigenvalue weighted by molar-refractivity contribution is 7.08. The number of thiophene rings is 1. The van der Waals surface area contributed by atoms with Gasteiger partial charge in [-0.1, -0.05) is 12.1 Å². The highest BCUT2D eigenvalue weighted by atomic mass is 32.1. The number of esters is 1. The van der Waals surface area contributed by atoms with Gasteiger partial charge in [0.2, 0.25) is 5.90 Å². The lowest BCUT2D eigenvalue weighted by atomic mass is 10.2. The Morgan fingerprint density at radius 1 is 1.27 bits per heavy atom. The van der Waals surface area contributed by atoms with Gasteiger partial charge in [0.05, 0.1) is 5.56 Å². The van der Waals surface area contributed by atoms with E-state index in [2.05, 4.69) is 9.73 Å². The molecule has 22 heavy (non-hydrogen) atoms. The Bertz CT molecular complexity index is 754. The second kappa shape index (κ2) is 6.07. The quantitative estimate of drug-likeness (QED) is 0.637. The summed E-state index contributed by atoms with van der Waals surface area (Å²) in [6.45, 7) is -2.97. The summed E-state index contributed by atoms with van der Waals surface area (Å²) in [4.78, 5) is 15.9. The molecule has 0 bridgehead atoms. The summed E-state index contributed by atoms with van der Waals surface area (Å²) in [5, 5.41) is 3.71. The van der Waals surface area contributed by atoms with Crippen LogP contribution >= 0.6 is 11.3 Å². The standard InChI is InChI=1S/C15H9F2NO3S/c16-15(17)20-12-4-2-1-3-10(12)13-18-11(14(19)21-13)7-9-5-6-22-8-9/h1-8,15H/b11-7-. The van der Waals surface area contributed by atoms with Crippen molar-refractivity contribution in [2.45, 2.75) is 6.61 Å². The molecule has 4 nitrogen and oxygen atoms in total. The molecule has 0 saturated carbocycles. The number of halogens is 2. The van der Waals surface area contributed by atoms with Crippen LogP contribution in [0.25, 0.3) is 6.08 Å². The van der Waals surface area contributed by atoms with E-state index in [1.807, 2.05) is 16.8 Å². The Hall–Kier alpha value is -2.54. The molecule has 1 aliphatic heterocycles. The molecule has 2 aromatic rings. The first-order valence-corrected chi connectivity index (χ1v) is 7.17. The number of benzene rings is 1. The summed E-state index contributed by atoms with van der Waals surface area (Å²) in [6, 6.07) is 7.84.